The average Bonchev–Trinajstić information content (AvgIpc) is 3.23. The van der Waals surface area contributed by atoms with E-state index in [0.29, 0.717) is 24.3 Å². The van der Waals surface area contributed by atoms with Crippen LogP contribution in [0.5, 0.6) is 0 Å². The first-order chi connectivity index (χ1) is 15.1. The summed E-state index contributed by atoms with van der Waals surface area (Å²) in [6, 6.07) is 17.2. The smallest absolute Gasteiger partial charge is 0.254 e. The molecule has 2 aromatic carbocycles. The van der Waals surface area contributed by atoms with E-state index in [4.69, 9.17) is 11.6 Å². The number of carbonyl (C=O) groups is 1. The molecule has 4 aromatic rings. The molecular formula is C23H21ClN6O. The summed E-state index contributed by atoms with van der Waals surface area (Å²) < 4.78 is 1.69. The summed E-state index contributed by atoms with van der Waals surface area (Å²) in [4.78, 5) is 21.9. The summed E-state index contributed by atoms with van der Waals surface area (Å²) in [7, 11) is 0. The lowest BCUT2D eigenvalue weighted by Gasteiger charge is -2.36. The second-order valence-electron chi connectivity index (χ2n) is 7.56. The Balaban J connectivity index is 1.38. The number of fused-ring (bicyclic) bond motifs is 1. The molecule has 7 nitrogen and oxygen atoms in total. The fourth-order valence-electron chi connectivity index (χ4n) is 4.02. The third-order valence-corrected chi connectivity index (χ3v) is 5.95. The number of rotatable bonds is 3. The molecule has 0 atom stereocenters. The van der Waals surface area contributed by atoms with Gasteiger partial charge in [0.05, 0.1) is 5.69 Å². The SMILES string of the molecule is Cc1c(C(=O)N2CCN(c3cccc(Cl)c3)CC2)cccc1-n1nnc2cccnc21. The van der Waals surface area contributed by atoms with Crippen LogP contribution in [0, 0.1) is 6.92 Å². The fourth-order valence-corrected chi connectivity index (χ4v) is 4.21. The number of hydrogen-bond donors (Lipinski definition) is 0. The summed E-state index contributed by atoms with van der Waals surface area (Å²) in [6.07, 6.45) is 1.71. The fraction of sp³-hybridized carbons (Fsp3) is 0.217. The number of benzene rings is 2. The van der Waals surface area contributed by atoms with Crippen molar-refractivity contribution < 1.29 is 4.79 Å². The largest absolute Gasteiger partial charge is 0.368 e. The van der Waals surface area contributed by atoms with Gasteiger partial charge in [0.2, 0.25) is 0 Å². The van der Waals surface area contributed by atoms with Gasteiger partial charge in [-0.15, -0.1) is 5.10 Å². The summed E-state index contributed by atoms with van der Waals surface area (Å²) in [5.74, 6) is 0.0301. The molecule has 0 spiro atoms. The van der Waals surface area contributed by atoms with E-state index < -0.39 is 0 Å². The van der Waals surface area contributed by atoms with Crippen molar-refractivity contribution in [3.05, 3.63) is 76.9 Å². The molecule has 0 aliphatic carbocycles. The van der Waals surface area contributed by atoms with Crippen molar-refractivity contribution >= 4 is 34.4 Å². The Kier molecular flexibility index (Phi) is 5.03. The molecule has 0 unspecified atom stereocenters. The first kappa shape index (κ1) is 19.5. The standard InChI is InChI=1S/C23H21ClN6O/c1-16-19(7-3-9-21(16)30-22-20(26-27-30)8-4-10-25-22)23(31)29-13-11-28(12-14-29)18-6-2-5-17(24)15-18/h2-10,15H,11-14H2,1H3. The maximum atomic E-state index is 13.3. The molecule has 5 rings (SSSR count). The highest BCUT2D eigenvalue weighted by Gasteiger charge is 2.24. The van der Waals surface area contributed by atoms with Crippen LogP contribution in [-0.4, -0.2) is 57.0 Å². The number of pyridine rings is 1. The quantitative estimate of drug-likeness (QED) is 0.493. The van der Waals surface area contributed by atoms with Gasteiger partial charge >= 0.3 is 0 Å². The average molecular weight is 433 g/mol. The number of halogens is 1. The van der Waals surface area contributed by atoms with Gasteiger partial charge in [-0.3, -0.25) is 4.79 Å². The van der Waals surface area contributed by atoms with Crippen molar-refractivity contribution in [2.24, 2.45) is 0 Å². The predicted molar refractivity (Wildman–Crippen MR) is 121 cm³/mol. The molecule has 0 radical (unpaired) electrons. The molecule has 3 heterocycles. The number of amides is 1. The van der Waals surface area contributed by atoms with Crippen LogP contribution in [0.1, 0.15) is 15.9 Å². The van der Waals surface area contributed by atoms with Gasteiger partial charge in [0.1, 0.15) is 5.52 Å². The van der Waals surface area contributed by atoms with E-state index in [9.17, 15) is 4.79 Å². The highest BCUT2D eigenvalue weighted by atomic mass is 35.5. The van der Waals surface area contributed by atoms with Crippen molar-refractivity contribution in [2.45, 2.75) is 6.92 Å². The van der Waals surface area contributed by atoms with Gasteiger partial charge < -0.3 is 9.80 Å². The molecule has 1 amide bonds. The van der Waals surface area contributed by atoms with Gasteiger partial charge in [0.25, 0.3) is 5.91 Å². The van der Waals surface area contributed by atoms with Crippen LogP contribution in [0.3, 0.4) is 0 Å². The van der Waals surface area contributed by atoms with Crippen molar-refractivity contribution in [1.82, 2.24) is 24.9 Å². The van der Waals surface area contributed by atoms with Gasteiger partial charge in [-0.05, 0) is 55.0 Å². The van der Waals surface area contributed by atoms with E-state index in [-0.39, 0.29) is 5.91 Å². The molecule has 8 heteroatoms. The Morgan fingerprint density at radius 1 is 1.00 bits per heavy atom. The van der Waals surface area contributed by atoms with Crippen LogP contribution in [0.15, 0.2) is 60.8 Å². The number of piperazine rings is 1. The Morgan fingerprint density at radius 2 is 1.81 bits per heavy atom. The molecule has 156 valence electrons. The summed E-state index contributed by atoms with van der Waals surface area (Å²) in [6.45, 7) is 4.79. The van der Waals surface area contributed by atoms with Gasteiger partial charge in [0.15, 0.2) is 5.65 Å². The van der Waals surface area contributed by atoms with Crippen molar-refractivity contribution in [3.8, 4) is 5.69 Å². The molecular weight excluding hydrogens is 412 g/mol. The highest BCUT2D eigenvalue weighted by Crippen LogP contribution is 2.24. The molecule has 1 aliphatic heterocycles. The Bertz CT molecular complexity index is 1260. The third kappa shape index (κ3) is 3.61. The Labute approximate surface area is 184 Å². The van der Waals surface area contributed by atoms with Crippen LogP contribution < -0.4 is 4.90 Å². The zero-order chi connectivity index (χ0) is 21.4. The second kappa shape index (κ2) is 8.00. The maximum absolute atomic E-state index is 13.3. The summed E-state index contributed by atoms with van der Waals surface area (Å²) in [5.41, 5.74) is 4.82. The molecule has 1 fully saturated rings. The van der Waals surface area contributed by atoms with E-state index in [1.54, 1.807) is 10.9 Å². The van der Waals surface area contributed by atoms with Crippen LogP contribution >= 0.6 is 11.6 Å². The van der Waals surface area contributed by atoms with Crippen LogP contribution in [0.2, 0.25) is 5.02 Å². The minimum absolute atomic E-state index is 0.0301. The first-order valence-corrected chi connectivity index (χ1v) is 10.6. The van der Waals surface area contributed by atoms with Crippen LogP contribution in [0.25, 0.3) is 16.9 Å². The van der Waals surface area contributed by atoms with E-state index in [1.807, 2.05) is 66.4 Å². The van der Waals surface area contributed by atoms with E-state index in [1.165, 1.54) is 0 Å². The second-order valence-corrected chi connectivity index (χ2v) is 7.99. The third-order valence-electron chi connectivity index (χ3n) is 5.71. The van der Waals surface area contributed by atoms with Gasteiger partial charge in [0, 0.05) is 48.6 Å². The minimum Gasteiger partial charge on any atom is -0.368 e. The van der Waals surface area contributed by atoms with Crippen molar-refractivity contribution in [1.29, 1.82) is 0 Å². The maximum Gasteiger partial charge on any atom is 0.254 e. The van der Waals surface area contributed by atoms with Crippen molar-refractivity contribution in [2.75, 3.05) is 31.1 Å². The molecule has 1 saturated heterocycles. The zero-order valence-corrected chi connectivity index (χ0v) is 17.8. The van der Waals surface area contributed by atoms with Gasteiger partial charge in [-0.1, -0.05) is 28.9 Å². The lowest BCUT2D eigenvalue weighted by atomic mass is 10.0. The number of aromatic nitrogens is 4. The first-order valence-electron chi connectivity index (χ1n) is 10.2. The summed E-state index contributed by atoms with van der Waals surface area (Å²) in [5, 5.41) is 9.16. The van der Waals surface area contributed by atoms with Gasteiger partial charge in [-0.2, -0.15) is 4.68 Å². The highest BCUT2D eigenvalue weighted by molar-refractivity contribution is 6.30. The molecule has 1 aliphatic rings. The summed E-state index contributed by atoms with van der Waals surface area (Å²) >= 11 is 6.13. The van der Waals surface area contributed by atoms with Crippen molar-refractivity contribution in [3.63, 3.8) is 0 Å². The molecule has 0 N–H and O–H groups in total. The molecule has 0 saturated carbocycles. The predicted octanol–water partition coefficient (Wildman–Crippen LogP) is 3.74. The Hall–Kier alpha value is -3.45. The number of nitrogens with zero attached hydrogens (tertiary/aromatic N) is 6. The molecule has 31 heavy (non-hydrogen) atoms. The lowest BCUT2D eigenvalue weighted by Crippen LogP contribution is -2.49. The molecule has 2 aromatic heterocycles. The number of carbonyl (C=O) groups excluding carboxylic acids is 1. The number of hydrogen-bond acceptors (Lipinski definition) is 5. The zero-order valence-electron chi connectivity index (χ0n) is 17.1. The topological polar surface area (TPSA) is 67.2 Å². The van der Waals surface area contributed by atoms with E-state index >= 15 is 0 Å². The lowest BCUT2D eigenvalue weighted by molar-refractivity contribution is 0.0746. The van der Waals surface area contributed by atoms with E-state index in [2.05, 4.69) is 20.2 Å². The number of anilines is 1. The Morgan fingerprint density at radius 3 is 2.61 bits per heavy atom. The minimum atomic E-state index is 0.0301. The van der Waals surface area contributed by atoms with Crippen LogP contribution in [-0.2, 0) is 0 Å². The molecule has 0 bridgehead atoms. The van der Waals surface area contributed by atoms with Gasteiger partial charge in [-0.25, -0.2) is 4.98 Å². The normalized spacial score (nSPS) is 14.3. The monoisotopic (exact) mass is 432 g/mol. The van der Waals surface area contributed by atoms with Crippen LogP contribution in [0.4, 0.5) is 5.69 Å². The van der Waals surface area contributed by atoms with E-state index in [0.717, 1.165) is 40.6 Å².